The van der Waals surface area contributed by atoms with Gasteiger partial charge in [-0.3, -0.25) is 4.79 Å². The minimum Gasteiger partial charge on any atom is -0.478 e. The number of hydrogen-bond acceptors (Lipinski definition) is 4. The molecular formula is C25H30N2O4. The van der Waals surface area contributed by atoms with E-state index in [2.05, 4.69) is 34.5 Å². The van der Waals surface area contributed by atoms with E-state index in [0.717, 1.165) is 36.7 Å². The summed E-state index contributed by atoms with van der Waals surface area (Å²) in [5.74, 6) is 0.286. The highest BCUT2D eigenvalue weighted by molar-refractivity contribution is 5.79. The minimum atomic E-state index is -1.29. The molecular weight excluding hydrogens is 392 g/mol. The van der Waals surface area contributed by atoms with E-state index in [-0.39, 0.29) is 11.9 Å². The summed E-state index contributed by atoms with van der Waals surface area (Å²) in [5.41, 5.74) is 2.10. The second-order valence-corrected chi connectivity index (χ2v) is 9.11. The summed E-state index contributed by atoms with van der Waals surface area (Å²) in [6, 6.07) is 16.0. The van der Waals surface area contributed by atoms with Crippen molar-refractivity contribution in [3.05, 3.63) is 59.7 Å². The second-order valence-electron chi connectivity index (χ2n) is 9.11. The molecule has 2 fully saturated rings. The summed E-state index contributed by atoms with van der Waals surface area (Å²) in [6.45, 7) is 4.61. The number of carbonyl (C=O) groups excluding carboxylic acids is 1. The molecule has 2 aliphatic rings. The smallest absolute Gasteiger partial charge is 0.347 e. The zero-order chi connectivity index (χ0) is 22.0. The van der Waals surface area contributed by atoms with Gasteiger partial charge in [0.15, 0.2) is 5.60 Å². The van der Waals surface area contributed by atoms with Crippen molar-refractivity contribution in [2.45, 2.75) is 57.1 Å². The van der Waals surface area contributed by atoms with Gasteiger partial charge >= 0.3 is 5.97 Å². The van der Waals surface area contributed by atoms with Crippen LogP contribution in [-0.2, 0) is 16.0 Å². The SMILES string of the molecule is CC(C)(Oc1cccc(N2CCC(NC(=O)Cc3ccc(C4CC4)cc3)C2)c1)C(=O)O. The third-order valence-corrected chi connectivity index (χ3v) is 6.02. The second kappa shape index (κ2) is 8.61. The van der Waals surface area contributed by atoms with Crippen LogP contribution in [0.4, 0.5) is 5.69 Å². The lowest BCUT2D eigenvalue weighted by Crippen LogP contribution is -2.38. The summed E-state index contributed by atoms with van der Waals surface area (Å²) in [5, 5.41) is 12.4. The molecule has 0 spiro atoms. The number of benzene rings is 2. The molecule has 4 rings (SSSR count). The molecule has 0 aromatic heterocycles. The van der Waals surface area contributed by atoms with Gasteiger partial charge in [-0.15, -0.1) is 0 Å². The van der Waals surface area contributed by atoms with Crippen LogP contribution in [-0.4, -0.2) is 41.7 Å². The van der Waals surface area contributed by atoms with Crippen molar-refractivity contribution in [3.63, 3.8) is 0 Å². The topological polar surface area (TPSA) is 78.9 Å². The number of carboxylic acids is 1. The lowest BCUT2D eigenvalue weighted by atomic mass is 10.1. The molecule has 1 heterocycles. The molecule has 1 aliphatic carbocycles. The summed E-state index contributed by atoms with van der Waals surface area (Å²) >= 11 is 0. The molecule has 0 radical (unpaired) electrons. The first-order valence-electron chi connectivity index (χ1n) is 11.0. The van der Waals surface area contributed by atoms with Crippen molar-refractivity contribution in [2.24, 2.45) is 0 Å². The number of hydrogen-bond donors (Lipinski definition) is 2. The van der Waals surface area contributed by atoms with Crippen molar-refractivity contribution < 1.29 is 19.4 Å². The van der Waals surface area contributed by atoms with E-state index in [9.17, 15) is 14.7 Å². The van der Waals surface area contributed by atoms with Crippen LogP contribution in [0.15, 0.2) is 48.5 Å². The Morgan fingerprint density at radius 2 is 1.87 bits per heavy atom. The Morgan fingerprint density at radius 1 is 1.13 bits per heavy atom. The first kappa shape index (κ1) is 21.2. The third kappa shape index (κ3) is 5.37. The standard InChI is InChI=1S/C25H30N2O4/c1-25(2,24(29)30)31-22-5-3-4-21(15-22)27-13-12-20(16-27)26-23(28)14-17-6-8-18(9-7-17)19-10-11-19/h3-9,15,19-20H,10-14,16H2,1-2H3,(H,26,28)(H,29,30). The van der Waals surface area contributed by atoms with Crippen LogP contribution < -0.4 is 15.0 Å². The molecule has 1 aliphatic heterocycles. The molecule has 2 aromatic carbocycles. The van der Waals surface area contributed by atoms with E-state index in [0.29, 0.717) is 12.2 Å². The molecule has 2 aromatic rings. The molecule has 0 bridgehead atoms. The van der Waals surface area contributed by atoms with Crippen molar-refractivity contribution in [1.82, 2.24) is 5.32 Å². The average Bonchev–Trinajstić information content (AvgIpc) is 3.47. The van der Waals surface area contributed by atoms with Crippen LogP contribution in [0, 0.1) is 0 Å². The number of amides is 1. The fourth-order valence-electron chi connectivity index (χ4n) is 3.98. The molecule has 164 valence electrons. The maximum absolute atomic E-state index is 12.5. The van der Waals surface area contributed by atoms with Crippen molar-refractivity contribution in [2.75, 3.05) is 18.0 Å². The van der Waals surface area contributed by atoms with E-state index in [1.54, 1.807) is 6.07 Å². The van der Waals surface area contributed by atoms with E-state index in [1.807, 2.05) is 18.2 Å². The van der Waals surface area contributed by atoms with E-state index >= 15 is 0 Å². The fraction of sp³-hybridized carbons (Fsp3) is 0.440. The van der Waals surface area contributed by atoms with E-state index in [1.165, 1.54) is 32.3 Å². The van der Waals surface area contributed by atoms with Crippen LogP contribution >= 0.6 is 0 Å². The Labute approximate surface area is 183 Å². The Kier molecular flexibility index (Phi) is 5.90. The molecule has 1 atom stereocenters. The number of ether oxygens (including phenoxy) is 1. The predicted octanol–water partition coefficient (Wildman–Crippen LogP) is 3.74. The van der Waals surface area contributed by atoms with Crippen LogP contribution in [0.25, 0.3) is 0 Å². The van der Waals surface area contributed by atoms with Crippen molar-refractivity contribution in [3.8, 4) is 5.75 Å². The van der Waals surface area contributed by atoms with Crippen molar-refractivity contribution in [1.29, 1.82) is 0 Å². The molecule has 6 nitrogen and oxygen atoms in total. The van der Waals surface area contributed by atoms with Crippen LogP contribution in [0.5, 0.6) is 5.75 Å². The number of aliphatic carboxylic acids is 1. The third-order valence-electron chi connectivity index (χ3n) is 6.02. The number of nitrogens with one attached hydrogen (secondary N) is 1. The van der Waals surface area contributed by atoms with Gasteiger partial charge in [-0.05, 0) is 62.3 Å². The first-order chi connectivity index (χ1) is 14.8. The van der Waals surface area contributed by atoms with Crippen LogP contribution in [0.3, 0.4) is 0 Å². The Morgan fingerprint density at radius 3 is 2.55 bits per heavy atom. The van der Waals surface area contributed by atoms with Crippen LogP contribution in [0.1, 0.15) is 50.2 Å². The molecule has 1 saturated heterocycles. The number of carboxylic acid groups (broad SMARTS) is 1. The van der Waals surface area contributed by atoms with Gasteiger partial charge in [-0.2, -0.15) is 0 Å². The Balaban J connectivity index is 1.30. The lowest BCUT2D eigenvalue weighted by Gasteiger charge is -2.24. The van der Waals surface area contributed by atoms with E-state index < -0.39 is 11.6 Å². The number of carbonyl (C=O) groups is 2. The number of anilines is 1. The highest BCUT2D eigenvalue weighted by atomic mass is 16.5. The molecule has 6 heteroatoms. The fourth-order valence-corrected chi connectivity index (χ4v) is 3.98. The summed E-state index contributed by atoms with van der Waals surface area (Å²) < 4.78 is 5.65. The maximum atomic E-state index is 12.5. The quantitative estimate of drug-likeness (QED) is 0.678. The zero-order valence-corrected chi connectivity index (χ0v) is 18.1. The summed E-state index contributed by atoms with van der Waals surface area (Å²) in [7, 11) is 0. The minimum absolute atomic E-state index is 0.0475. The van der Waals surface area contributed by atoms with E-state index in [4.69, 9.17) is 4.74 Å². The Bertz CT molecular complexity index is 950. The van der Waals surface area contributed by atoms with Gasteiger partial charge in [0.25, 0.3) is 0 Å². The van der Waals surface area contributed by atoms with Gasteiger partial charge in [-0.1, -0.05) is 30.3 Å². The lowest BCUT2D eigenvalue weighted by molar-refractivity contribution is -0.152. The molecule has 2 N–H and O–H groups in total. The van der Waals surface area contributed by atoms with Gasteiger partial charge in [0.05, 0.1) is 6.42 Å². The normalized spacial score (nSPS) is 18.6. The zero-order valence-electron chi connectivity index (χ0n) is 18.1. The maximum Gasteiger partial charge on any atom is 0.347 e. The first-order valence-corrected chi connectivity index (χ1v) is 11.0. The molecule has 1 amide bonds. The van der Waals surface area contributed by atoms with Gasteiger partial charge in [0.1, 0.15) is 5.75 Å². The van der Waals surface area contributed by atoms with Gasteiger partial charge in [-0.25, -0.2) is 4.79 Å². The molecule has 31 heavy (non-hydrogen) atoms. The number of rotatable bonds is 8. The highest BCUT2D eigenvalue weighted by Gasteiger charge is 2.30. The van der Waals surface area contributed by atoms with Crippen molar-refractivity contribution >= 4 is 17.6 Å². The molecule has 1 unspecified atom stereocenters. The predicted molar refractivity (Wildman–Crippen MR) is 120 cm³/mol. The van der Waals surface area contributed by atoms with Crippen LogP contribution in [0.2, 0.25) is 0 Å². The summed E-state index contributed by atoms with van der Waals surface area (Å²) in [4.78, 5) is 26.0. The largest absolute Gasteiger partial charge is 0.478 e. The monoisotopic (exact) mass is 422 g/mol. The average molecular weight is 423 g/mol. The summed E-state index contributed by atoms with van der Waals surface area (Å²) in [6.07, 6.45) is 3.84. The number of nitrogens with zero attached hydrogens (tertiary/aromatic N) is 1. The van der Waals surface area contributed by atoms with Gasteiger partial charge in [0, 0.05) is 30.9 Å². The Hall–Kier alpha value is -3.02. The molecule has 1 saturated carbocycles. The van der Waals surface area contributed by atoms with Gasteiger partial charge in [0.2, 0.25) is 5.91 Å². The highest BCUT2D eigenvalue weighted by Crippen LogP contribution is 2.39. The van der Waals surface area contributed by atoms with Gasteiger partial charge < -0.3 is 20.1 Å².